The number of nitrogens with one attached hydrogen (secondary N) is 1. The number of aromatic nitrogens is 2. The van der Waals surface area contributed by atoms with Crippen LogP contribution in [-0.2, 0) is 10.9 Å². The Morgan fingerprint density at radius 1 is 1.20 bits per heavy atom. The molecule has 2 aromatic rings. The second-order valence-electron chi connectivity index (χ2n) is 5.37. The van der Waals surface area contributed by atoms with Gasteiger partial charge in [0, 0.05) is 25.0 Å². The number of hydrogen-bond acceptors (Lipinski definition) is 5. The van der Waals surface area contributed by atoms with E-state index in [0.29, 0.717) is 26.3 Å². The van der Waals surface area contributed by atoms with Crippen molar-refractivity contribution in [1.82, 2.24) is 14.9 Å². The van der Waals surface area contributed by atoms with Crippen LogP contribution >= 0.6 is 0 Å². The monoisotopic (exact) mass is 352 g/mol. The summed E-state index contributed by atoms with van der Waals surface area (Å²) in [6.07, 6.45) is -3.05. The smallest absolute Gasteiger partial charge is 0.378 e. The summed E-state index contributed by atoms with van der Waals surface area (Å²) in [6, 6.07) is 6.16. The molecule has 1 aliphatic rings. The lowest BCUT2D eigenvalue weighted by Gasteiger charge is -2.26. The zero-order chi connectivity index (χ0) is 17.9. The molecule has 25 heavy (non-hydrogen) atoms. The normalized spacial score (nSPS) is 15.1. The Balaban J connectivity index is 1.77. The first-order valence-electron chi connectivity index (χ1n) is 7.58. The number of benzene rings is 1. The number of ether oxygens (including phenoxy) is 1. The zero-order valence-corrected chi connectivity index (χ0v) is 13.1. The van der Waals surface area contributed by atoms with Gasteiger partial charge in [0.15, 0.2) is 0 Å². The lowest BCUT2D eigenvalue weighted by molar-refractivity contribution is -0.137. The van der Waals surface area contributed by atoms with Gasteiger partial charge in [-0.25, -0.2) is 9.97 Å². The first-order valence-corrected chi connectivity index (χ1v) is 7.58. The quantitative estimate of drug-likeness (QED) is 0.920. The number of halogens is 3. The maximum absolute atomic E-state index is 12.8. The number of alkyl halides is 3. The SMILES string of the molecule is O=C(c1ccnc(Nc2cccc(C(F)(F)F)c2)n1)N1CCOCC1. The van der Waals surface area contributed by atoms with Gasteiger partial charge in [-0.15, -0.1) is 0 Å². The summed E-state index contributed by atoms with van der Waals surface area (Å²) >= 11 is 0. The number of amides is 1. The largest absolute Gasteiger partial charge is 0.416 e. The van der Waals surface area contributed by atoms with E-state index in [1.807, 2.05) is 0 Å². The van der Waals surface area contributed by atoms with Crippen LogP contribution in [0.2, 0.25) is 0 Å². The van der Waals surface area contributed by atoms with Crippen molar-refractivity contribution in [2.45, 2.75) is 6.18 Å². The predicted molar refractivity (Wildman–Crippen MR) is 83.5 cm³/mol. The lowest BCUT2D eigenvalue weighted by Crippen LogP contribution is -2.41. The van der Waals surface area contributed by atoms with Crippen LogP contribution in [-0.4, -0.2) is 47.1 Å². The second kappa shape index (κ2) is 7.06. The van der Waals surface area contributed by atoms with Gasteiger partial charge in [-0.1, -0.05) is 6.07 Å². The second-order valence-corrected chi connectivity index (χ2v) is 5.37. The van der Waals surface area contributed by atoms with Crippen molar-refractivity contribution < 1.29 is 22.7 Å². The maximum atomic E-state index is 12.8. The van der Waals surface area contributed by atoms with Gasteiger partial charge in [0.05, 0.1) is 18.8 Å². The molecule has 0 unspecified atom stereocenters. The van der Waals surface area contributed by atoms with E-state index in [9.17, 15) is 18.0 Å². The van der Waals surface area contributed by atoms with Crippen LogP contribution in [0.25, 0.3) is 0 Å². The van der Waals surface area contributed by atoms with Crippen LogP contribution in [0.4, 0.5) is 24.8 Å². The third kappa shape index (κ3) is 4.24. The highest BCUT2D eigenvalue weighted by Crippen LogP contribution is 2.31. The number of rotatable bonds is 3. The third-order valence-electron chi connectivity index (χ3n) is 3.62. The van der Waals surface area contributed by atoms with Crippen LogP contribution in [0.3, 0.4) is 0 Å². The molecule has 1 aliphatic heterocycles. The van der Waals surface area contributed by atoms with Gasteiger partial charge >= 0.3 is 6.18 Å². The first-order chi connectivity index (χ1) is 11.9. The molecule has 9 heteroatoms. The maximum Gasteiger partial charge on any atom is 0.416 e. The summed E-state index contributed by atoms with van der Waals surface area (Å²) in [6.45, 7) is 1.87. The molecule has 0 atom stereocenters. The van der Waals surface area contributed by atoms with Crippen molar-refractivity contribution in [3.63, 3.8) is 0 Å². The molecule has 0 radical (unpaired) electrons. The number of morpholine rings is 1. The average molecular weight is 352 g/mol. The van der Waals surface area contributed by atoms with Gasteiger partial charge in [0.2, 0.25) is 5.95 Å². The fraction of sp³-hybridized carbons (Fsp3) is 0.312. The Labute approximate surface area is 141 Å². The number of carbonyl (C=O) groups is 1. The third-order valence-corrected chi connectivity index (χ3v) is 3.62. The van der Waals surface area contributed by atoms with E-state index in [2.05, 4.69) is 15.3 Å². The highest BCUT2D eigenvalue weighted by molar-refractivity contribution is 5.92. The molecule has 2 heterocycles. The van der Waals surface area contributed by atoms with E-state index in [4.69, 9.17) is 4.74 Å². The summed E-state index contributed by atoms with van der Waals surface area (Å²) in [7, 11) is 0. The van der Waals surface area contributed by atoms with Crippen molar-refractivity contribution >= 4 is 17.5 Å². The van der Waals surface area contributed by atoms with Crippen LogP contribution in [0, 0.1) is 0 Å². The number of carbonyl (C=O) groups excluding carboxylic acids is 1. The fourth-order valence-electron chi connectivity index (χ4n) is 2.37. The summed E-state index contributed by atoms with van der Waals surface area (Å²) < 4.78 is 43.5. The van der Waals surface area contributed by atoms with Crippen molar-refractivity contribution in [1.29, 1.82) is 0 Å². The molecule has 6 nitrogen and oxygen atoms in total. The van der Waals surface area contributed by atoms with Crippen LogP contribution < -0.4 is 5.32 Å². The number of nitrogens with zero attached hydrogens (tertiary/aromatic N) is 3. The summed E-state index contributed by atoms with van der Waals surface area (Å²) in [5, 5.41) is 2.70. The Morgan fingerprint density at radius 3 is 2.68 bits per heavy atom. The van der Waals surface area contributed by atoms with Gasteiger partial charge in [-0.2, -0.15) is 13.2 Å². The van der Waals surface area contributed by atoms with Crippen molar-refractivity contribution in [3.8, 4) is 0 Å². The van der Waals surface area contributed by atoms with E-state index in [1.165, 1.54) is 24.4 Å². The van der Waals surface area contributed by atoms with Crippen LogP contribution in [0.5, 0.6) is 0 Å². The molecule has 3 rings (SSSR count). The minimum absolute atomic E-state index is 0.0541. The number of anilines is 2. The highest BCUT2D eigenvalue weighted by Gasteiger charge is 2.30. The highest BCUT2D eigenvalue weighted by atomic mass is 19.4. The zero-order valence-electron chi connectivity index (χ0n) is 13.1. The van der Waals surface area contributed by atoms with Crippen molar-refractivity contribution in [3.05, 3.63) is 47.8 Å². The summed E-state index contributed by atoms with van der Waals surface area (Å²) in [4.78, 5) is 22.1. The van der Waals surface area contributed by atoms with E-state index < -0.39 is 11.7 Å². The molecule has 0 saturated carbocycles. The lowest BCUT2D eigenvalue weighted by atomic mass is 10.2. The van der Waals surface area contributed by atoms with E-state index in [-0.39, 0.29) is 23.2 Å². The van der Waals surface area contributed by atoms with E-state index in [1.54, 1.807) is 4.90 Å². The first kappa shape index (κ1) is 17.2. The van der Waals surface area contributed by atoms with E-state index >= 15 is 0 Å². The van der Waals surface area contributed by atoms with Crippen molar-refractivity contribution in [2.75, 3.05) is 31.6 Å². The summed E-state index contributed by atoms with van der Waals surface area (Å²) in [5.41, 5.74) is -0.421. The molecule has 0 aliphatic carbocycles. The summed E-state index contributed by atoms with van der Waals surface area (Å²) in [5.74, 6) is -0.212. The molecular formula is C16H15F3N4O2. The van der Waals surface area contributed by atoms with Gasteiger partial charge in [-0.05, 0) is 24.3 Å². The Morgan fingerprint density at radius 2 is 1.96 bits per heavy atom. The van der Waals surface area contributed by atoms with Crippen LogP contribution in [0.1, 0.15) is 16.1 Å². The predicted octanol–water partition coefficient (Wildman–Crippen LogP) is 2.71. The van der Waals surface area contributed by atoms with Gasteiger partial charge < -0.3 is 15.0 Å². The fourth-order valence-corrected chi connectivity index (χ4v) is 2.37. The standard InChI is InChI=1S/C16H15F3N4O2/c17-16(18,19)11-2-1-3-12(10-11)21-15-20-5-4-13(22-15)14(24)23-6-8-25-9-7-23/h1-5,10H,6-9H2,(H,20,21,22). The van der Waals surface area contributed by atoms with Gasteiger partial charge in [-0.3, -0.25) is 4.79 Å². The van der Waals surface area contributed by atoms with Crippen molar-refractivity contribution in [2.24, 2.45) is 0 Å². The molecule has 1 aromatic heterocycles. The van der Waals surface area contributed by atoms with Crippen LogP contribution in [0.15, 0.2) is 36.5 Å². The van der Waals surface area contributed by atoms with Gasteiger partial charge in [0.25, 0.3) is 5.91 Å². The minimum atomic E-state index is -4.44. The Bertz CT molecular complexity index is 761. The molecule has 0 bridgehead atoms. The molecule has 1 N–H and O–H groups in total. The van der Waals surface area contributed by atoms with E-state index in [0.717, 1.165) is 12.1 Å². The molecule has 1 aromatic carbocycles. The minimum Gasteiger partial charge on any atom is -0.378 e. The average Bonchev–Trinajstić information content (AvgIpc) is 2.61. The molecule has 132 valence electrons. The molecule has 1 amide bonds. The Kier molecular flexibility index (Phi) is 4.84. The number of hydrogen-bond donors (Lipinski definition) is 1. The topological polar surface area (TPSA) is 67.4 Å². The molecule has 1 saturated heterocycles. The molecule has 1 fully saturated rings. The molecule has 0 spiro atoms. The Hall–Kier alpha value is -2.68. The van der Waals surface area contributed by atoms with Gasteiger partial charge in [0.1, 0.15) is 5.69 Å². The molecular weight excluding hydrogens is 337 g/mol.